The minimum Gasteiger partial charge on any atom is -0.458 e. The van der Waals surface area contributed by atoms with Gasteiger partial charge in [0, 0.05) is 28.1 Å². The summed E-state index contributed by atoms with van der Waals surface area (Å²) in [6.07, 6.45) is 6.31. The van der Waals surface area contributed by atoms with E-state index in [1.165, 1.54) is 16.6 Å². The molecular formula is C29H29ClN2O4. The lowest BCUT2D eigenvalue weighted by Crippen LogP contribution is -2.51. The molecule has 1 aromatic heterocycles. The fourth-order valence-corrected chi connectivity index (χ4v) is 6.57. The molecule has 3 aliphatic rings. The summed E-state index contributed by atoms with van der Waals surface area (Å²) in [5.41, 5.74) is 4.57. The van der Waals surface area contributed by atoms with Gasteiger partial charge in [-0.1, -0.05) is 36.7 Å². The van der Waals surface area contributed by atoms with Gasteiger partial charge in [-0.15, -0.1) is 0 Å². The Morgan fingerprint density at radius 3 is 2.56 bits per heavy atom. The molecule has 6 nitrogen and oxygen atoms in total. The number of carbonyl (C=O) groups excluding carboxylic acids is 2. The van der Waals surface area contributed by atoms with Crippen LogP contribution in [0.15, 0.2) is 54.6 Å². The number of hydrogen-bond donors (Lipinski definition) is 0. The normalized spacial score (nSPS) is 22.6. The topological polar surface area (TPSA) is 60.8 Å². The molecule has 0 spiro atoms. The number of fused-ring (bicyclic) bond motifs is 3. The van der Waals surface area contributed by atoms with Gasteiger partial charge in [-0.25, -0.2) is 9.59 Å². The number of hydrogen-bond acceptors (Lipinski definition) is 5. The zero-order valence-corrected chi connectivity index (χ0v) is 21.1. The fraction of sp³-hybridized carbons (Fsp3) is 0.379. The molecule has 0 aliphatic carbocycles. The summed E-state index contributed by atoms with van der Waals surface area (Å²) in [5, 5.41) is 1.77. The second kappa shape index (κ2) is 9.09. The average molecular weight is 505 g/mol. The summed E-state index contributed by atoms with van der Waals surface area (Å²) in [7, 11) is 0. The Morgan fingerprint density at radius 1 is 1.03 bits per heavy atom. The van der Waals surface area contributed by atoms with Gasteiger partial charge in [0.25, 0.3) is 0 Å². The molecule has 186 valence electrons. The van der Waals surface area contributed by atoms with Crippen LogP contribution in [0.25, 0.3) is 16.6 Å². The first-order chi connectivity index (χ1) is 17.5. The summed E-state index contributed by atoms with van der Waals surface area (Å²) in [6, 6.07) is 15.1. The highest BCUT2D eigenvalue weighted by molar-refractivity contribution is 6.30. The second-order valence-electron chi connectivity index (χ2n) is 9.90. The molecule has 7 heteroatoms. The highest BCUT2D eigenvalue weighted by Crippen LogP contribution is 2.57. The smallest absolute Gasteiger partial charge is 0.355 e. The van der Waals surface area contributed by atoms with Crippen molar-refractivity contribution in [3.8, 4) is 0 Å². The van der Waals surface area contributed by atoms with Crippen molar-refractivity contribution >= 4 is 40.1 Å². The zero-order valence-electron chi connectivity index (χ0n) is 20.3. The minimum atomic E-state index is -0.472. The van der Waals surface area contributed by atoms with Gasteiger partial charge in [0.2, 0.25) is 0 Å². The molecule has 1 fully saturated rings. The molecule has 3 aliphatic heterocycles. The maximum atomic E-state index is 13.5. The van der Waals surface area contributed by atoms with Crippen LogP contribution < -0.4 is 0 Å². The molecule has 2 aromatic carbocycles. The monoisotopic (exact) mass is 504 g/mol. The Balaban J connectivity index is 1.27. The molecule has 4 heterocycles. The van der Waals surface area contributed by atoms with Gasteiger partial charge in [0.15, 0.2) is 0 Å². The van der Waals surface area contributed by atoms with Gasteiger partial charge in [-0.05, 0) is 74.2 Å². The number of aromatic nitrogens is 1. The van der Waals surface area contributed by atoms with E-state index in [2.05, 4.69) is 40.7 Å². The molecular weight excluding hydrogens is 476 g/mol. The molecule has 0 bridgehead atoms. The van der Waals surface area contributed by atoms with Gasteiger partial charge in [-0.3, -0.25) is 4.90 Å². The third kappa shape index (κ3) is 3.66. The van der Waals surface area contributed by atoms with Crippen LogP contribution in [0.3, 0.4) is 0 Å². The number of rotatable bonds is 6. The second-order valence-corrected chi connectivity index (χ2v) is 10.3. The van der Waals surface area contributed by atoms with Crippen molar-refractivity contribution in [1.29, 1.82) is 0 Å². The Morgan fingerprint density at radius 2 is 1.78 bits per heavy atom. The minimum absolute atomic E-state index is 0.00836. The van der Waals surface area contributed by atoms with E-state index in [0.717, 1.165) is 44.3 Å². The van der Waals surface area contributed by atoms with Crippen molar-refractivity contribution in [2.45, 2.75) is 38.6 Å². The molecule has 6 rings (SSSR count). The van der Waals surface area contributed by atoms with Crippen LogP contribution in [0, 0.1) is 5.41 Å². The predicted octanol–water partition coefficient (Wildman–Crippen LogP) is 5.64. The Bertz CT molecular complexity index is 1380. The summed E-state index contributed by atoms with van der Waals surface area (Å²) in [5.74, 6) is -0.852. The maximum Gasteiger partial charge on any atom is 0.355 e. The van der Waals surface area contributed by atoms with Crippen LogP contribution in [-0.2, 0) is 20.7 Å². The number of piperidine rings is 1. The van der Waals surface area contributed by atoms with E-state index in [-0.39, 0.29) is 30.6 Å². The van der Waals surface area contributed by atoms with E-state index in [1.807, 2.05) is 6.07 Å². The van der Waals surface area contributed by atoms with E-state index in [1.54, 1.807) is 24.3 Å². The van der Waals surface area contributed by atoms with E-state index in [4.69, 9.17) is 21.1 Å². The molecule has 1 saturated heterocycles. The Hall–Kier alpha value is -3.09. The number of halogens is 1. The van der Waals surface area contributed by atoms with Gasteiger partial charge < -0.3 is 14.0 Å². The molecule has 0 saturated carbocycles. The van der Waals surface area contributed by atoms with Crippen molar-refractivity contribution in [2.24, 2.45) is 5.41 Å². The van der Waals surface area contributed by atoms with Crippen LogP contribution >= 0.6 is 11.6 Å². The molecule has 0 amide bonds. The number of nitrogens with zero attached hydrogens (tertiary/aromatic N) is 2. The van der Waals surface area contributed by atoms with Crippen LogP contribution in [0.2, 0.25) is 5.02 Å². The quantitative estimate of drug-likeness (QED) is 0.321. The summed E-state index contributed by atoms with van der Waals surface area (Å²) >= 11 is 5.88. The number of esters is 2. The van der Waals surface area contributed by atoms with Gasteiger partial charge >= 0.3 is 11.9 Å². The standard InChI is InChI=1S/C29H29ClN2O4/c1-2-29-13-5-14-31-15-12-22-21-6-3-4-7-23(21)32(25(22)26(29)31)24(18-29)28(34)36-17-16-35-27(33)19-8-10-20(30)11-9-19/h3-4,6-11,18,26H,2,5,12-17H2,1H3/t26-,29-/m0/s1. The molecule has 3 aromatic rings. The van der Waals surface area contributed by atoms with Crippen molar-refractivity contribution in [3.05, 3.63) is 76.5 Å². The van der Waals surface area contributed by atoms with Crippen molar-refractivity contribution < 1.29 is 19.1 Å². The molecule has 0 radical (unpaired) electrons. The molecule has 36 heavy (non-hydrogen) atoms. The number of para-hydroxylation sites is 1. The van der Waals surface area contributed by atoms with Crippen molar-refractivity contribution in [3.63, 3.8) is 0 Å². The summed E-state index contributed by atoms with van der Waals surface area (Å²) in [4.78, 5) is 28.4. The number of carbonyl (C=O) groups is 2. The lowest BCUT2D eigenvalue weighted by atomic mass is 9.66. The first kappa shape index (κ1) is 23.3. The number of benzene rings is 2. The van der Waals surface area contributed by atoms with E-state index in [9.17, 15) is 9.59 Å². The van der Waals surface area contributed by atoms with E-state index >= 15 is 0 Å². The molecule has 0 N–H and O–H groups in total. The predicted molar refractivity (Wildman–Crippen MR) is 139 cm³/mol. The van der Waals surface area contributed by atoms with Crippen LogP contribution in [0.4, 0.5) is 0 Å². The van der Waals surface area contributed by atoms with Crippen LogP contribution in [0.1, 0.15) is 53.8 Å². The Labute approximate surface area is 215 Å². The van der Waals surface area contributed by atoms with Crippen LogP contribution in [0.5, 0.6) is 0 Å². The van der Waals surface area contributed by atoms with Gasteiger partial charge in [-0.2, -0.15) is 0 Å². The SMILES string of the molecule is CC[C@@]12C=C(C(=O)OCCOC(=O)c3ccc(Cl)cc3)n3c4c(c5ccccc53)CCN(CCC1)[C@@H]42. The maximum absolute atomic E-state index is 13.5. The largest absolute Gasteiger partial charge is 0.458 e. The highest BCUT2D eigenvalue weighted by Gasteiger charge is 2.51. The van der Waals surface area contributed by atoms with Gasteiger partial charge in [0.1, 0.15) is 18.9 Å². The first-order valence-electron chi connectivity index (χ1n) is 12.7. The lowest BCUT2D eigenvalue weighted by molar-refractivity contribution is -0.138. The highest BCUT2D eigenvalue weighted by atomic mass is 35.5. The van der Waals surface area contributed by atoms with E-state index < -0.39 is 5.97 Å². The molecule has 0 unspecified atom stereocenters. The van der Waals surface area contributed by atoms with Crippen molar-refractivity contribution in [2.75, 3.05) is 26.3 Å². The lowest BCUT2D eigenvalue weighted by Gasteiger charge is -2.53. The van der Waals surface area contributed by atoms with Crippen molar-refractivity contribution in [1.82, 2.24) is 9.47 Å². The van der Waals surface area contributed by atoms with Gasteiger partial charge in [0.05, 0.1) is 17.1 Å². The third-order valence-electron chi connectivity index (χ3n) is 8.09. The Kier molecular flexibility index (Phi) is 5.89. The fourth-order valence-electron chi connectivity index (χ4n) is 6.44. The van der Waals surface area contributed by atoms with E-state index in [0.29, 0.717) is 16.3 Å². The zero-order chi connectivity index (χ0) is 24.9. The summed E-state index contributed by atoms with van der Waals surface area (Å²) < 4.78 is 13.1. The number of ether oxygens (including phenoxy) is 2. The third-order valence-corrected chi connectivity index (χ3v) is 8.34. The van der Waals surface area contributed by atoms with Crippen LogP contribution in [-0.4, -0.2) is 47.7 Å². The molecule has 2 atom stereocenters. The first-order valence-corrected chi connectivity index (χ1v) is 13.1. The average Bonchev–Trinajstić information content (AvgIpc) is 3.25. The summed E-state index contributed by atoms with van der Waals surface area (Å²) in [6.45, 7) is 4.36.